The topological polar surface area (TPSA) is 81.4 Å². The number of nitrogen functional groups attached to an aromatic ring is 1. The number of hydrogen-bond donors (Lipinski definition) is 2. The number of hydrogen-bond acceptors (Lipinski definition) is 4. The molecule has 3 N–H and O–H groups in total. The Hall–Kier alpha value is -1.75. The van der Waals surface area contributed by atoms with Crippen molar-refractivity contribution in [2.75, 3.05) is 12.8 Å². The quantitative estimate of drug-likeness (QED) is 0.635. The summed E-state index contributed by atoms with van der Waals surface area (Å²) in [4.78, 5) is 22.6. The van der Waals surface area contributed by atoms with Crippen molar-refractivity contribution >= 4 is 29.2 Å². The SMILES string of the molecule is COC(=O)[C@@H](Cc1cc(N)ccc1Cl)NC(C)=O. The second-order valence-corrected chi connectivity index (χ2v) is 4.24. The molecule has 0 heterocycles. The molecule has 0 aliphatic rings. The van der Waals surface area contributed by atoms with E-state index < -0.39 is 12.0 Å². The molecule has 0 unspecified atom stereocenters. The molecule has 0 saturated heterocycles. The summed E-state index contributed by atoms with van der Waals surface area (Å²) in [5.41, 5.74) is 6.87. The molecule has 98 valence electrons. The summed E-state index contributed by atoms with van der Waals surface area (Å²) in [6.45, 7) is 1.33. The van der Waals surface area contributed by atoms with E-state index in [0.717, 1.165) is 0 Å². The normalized spacial score (nSPS) is 11.7. The number of nitrogens with two attached hydrogens (primary N) is 1. The molecule has 5 nitrogen and oxygen atoms in total. The molecule has 0 bridgehead atoms. The molecule has 0 fully saturated rings. The maximum atomic E-state index is 11.5. The molecule has 0 aliphatic carbocycles. The fraction of sp³-hybridized carbons (Fsp3) is 0.333. The first-order valence-corrected chi connectivity index (χ1v) is 5.70. The molecule has 1 rings (SSSR count). The minimum absolute atomic E-state index is 0.232. The van der Waals surface area contributed by atoms with Crippen LogP contribution >= 0.6 is 11.6 Å². The van der Waals surface area contributed by atoms with Crippen LogP contribution in [0.1, 0.15) is 12.5 Å². The lowest BCUT2D eigenvalue weighted by Crippen LogP contribution is -2.42. The van der Waals surface area contributed by atoms with E-state index in [2.05, 4.69) is 10.1 Å². The summed E-state index contributed by atoms with van der Waals surface area (Å²) in [6.07, 6.45) is 0.232. The highest BCUT2D eigenvalue weighted by Gasteiger charge is 2.21. The Balaban J connectivity index is 2.91. The zero-order chi connectivity index (χ0) is 13.7. The predicted octanol–water partition coefficient (Wildman–Crippen LogP) is 1.14. The summed E-state index contributed by atoms with van der Waals surface area (Å²) in [7, 11) is 1.26. The van der Waals surface area contributed by atoms with Crippen molar-refractivity contribution in [1.82, 2.24) is 5.32 Å². The number of amides is 1. The van der Waals surface area contributed by atoms with Gasteiger partial charge in [-0.2, -0.15) is 0 Å². The number of carbonyl (C=O) groups is 2. The van der Waals surface area contributed by atoms with Crippen molar-refractivity contribution in [2.24, 2.45) is 0 Å². The summed E-state index contributed by atoms with van der Waals surface area (Å²) < 4.78 is 4.63. The third-order valence-corrected chi connectivity index (χ3v) is 2.73. The van der Waals surface area contributed by atoms with Gasteiger partial charge in [-0.25, -0.2) is 4.79 Å². The van der Waals surface area contributed by atoms with E-state index in [0.29, 0.717) is 16.3 Å². The Kier molecular flexibility index (Phi) is 4.97. The average Bonchev–Trinajstić information content (AvgIpc) is 2.31. The Morgan fingerprint density at radius 3 is 2.72 bits per heavy atom. The van der Waals surface area contributed by atoms with Gasteiger partial charge in [-0.05, 0) is 23.8 Å². The molecule has 1 atom stereocenters. The fourth-order valence-corrected chi connectivity index (χ4v) is 1.75. The molecule has 0 aliphatic heterocycles. The highest BCUT2D eigenvalue weighted by molar-refractivity contribution is 6.31. The van der Waals surface area contributed by atoms with Gasteiger partial charge < -0.3 is 15.8 Å². The second kappa shape index (κ2) is 6.26. The molecule has 1 aromatic rings. The first-order valence-electron chi connectivity index (χ1n) is 5.33. The second-order valence-electron chi connectivity index (χ2n) is 3.83. The van der Waals surface area contributed by atoms with Crippen LogP contribution < -0.4 is 11.1 Å². The van der Waals surface area contributed by atoms with E-state index in [1.165, 1.54) is 14.0 Å². The van der Waals surface area contributed by atoms with Crippen LogP contribution in [0.15, 0.2) is 18.2 Å². The van der Waals surface area contributed by atoms with Crippen LogP contribution in [0.25, 0.3) is 0 Å². The molecule has 0 spiro atoms. The van der Waals surface area contributed by atoms with Gasteiger partial charge in [0.25, 0.3) is 0 Å². The third kappa shape index (κ3) is 3.92. The average molecular weight is 271 g/mol. The van der Waals surface area contributed by atoms with E-state index in [9.17, 15) is 9.59 Å². The summed E-state index contributed by atoms with van der Waals surface area (Å²) in [6, 6.07) is 4.21. The van der Waals surface area contributed by atoms with E-state index in [4.69, 9.17) is 17.3 Å². The van der Waals surface area contributed by atoms with Gasteiger partial charge in [-0.3, -0.25) is 4.79 Å². The lowest BCUT2D eigenvalue weighted by atomic mass is 10.1. The molecule has 1 amide bonds. The van der Waals surface area contributed by atoms with Crippen LogP contribution in [0.4, 0.5) is 5.69 Å². The van der Waals surface area contributed by atoms with Gasteiger partial charge in [0.15, 0.2) is 0 Å². The van der Waals surface area contributed by atoms with Crippen LogP contribution in [0, 0.1) is 0 Å². The Morgan fingerprint density at radius 1 is 1.50 bits per heavy atom. The fourth-order valence-electron chi connectivity index (χ4n) is 1.55. The van der Waals surface area contributed by atoms with Crippen LogP contribution in [-0.4, -0.2) is 25.0 Å². The minimum atomic E-state index is -0.771. The van der Waals surface area contributed by atoms with Crippen molar-refractivity contribution < 1.29 is 14.3 Å². The van der Waals surface area contributed by atoms with E-state index in [1.807, 2.05) is 0 Å². The molecular weight excluding hydrogens is 256 g/mol. The number of methoxy groups -OCH3 is 1. The Morgan fingerprint density at radius 2 is 2.17 bits per heavy atom. The number of anilines is 1. The van der Waals surface area contributed by atoms with Crippen LogP contribution in [-0.2, 0) is 20.7 Å². The first kappa shape index (κ1) is 14.3. The lowest BCUT2D eigenvalue weighted by Gasteiger charge is -2.16. The monoisotopic (exact) mass is 270 g/mol. The van der Waals surface area contributed by atoms with Gasteiger partial charge in [-0.1, -0.05) is 11.6 Å². The van der Waals surface area contributed by atoms with E-state index in [-0.39, 0.29) is 12.3 Å². The molecule has 6 heteroatoms. The molecule has 18 heavy (non-hydrogen) atoms. The molecule has 1 aromatic carbocycles. The third-order valence-electron chi connectivity index (χ3n) is 2.36. The highest BCUT2D eigenvalue weighted by Crippen LogP contribution is 2.20. The molecule has 0 saturated carbocycles. The van der Waals surface area contributed by atoms with Gasteiger partial charge in [0, 0.05) is 24.1 Å². The smallest absolute Gasteiger partial charge is 0.328 e. The maximum absolute atomic E-state index is 11.5. The van der Waals surface area contributed by atoms with Gasteiger partial charge in [0.1, 0.15) is 6.04 Å². The van der Waals surface area contributed by atoms with Gasteiger partial charge >= 0.3 is 5.97 Å². The van der Waals surface area contributed by atoms with E-state index in [1.54, 1.807) is 18.2 Å². The van der Waals surface area contributed by atoms with Crippen LogP contribution in [0.5, 0.6) is 0 Å². The van der Waals surface area contributed by atoms with Crippen molar-refractivity contribution in [1.29, 1.82) is 0 Å². The summed E-state index contributed by atoms with van der Waals surface area (Å²) in [5, 5.41) is 3.00. The van der Waals surface area contributed by atoms with Crippen molar-refractivity contribution in [3.8, 4) is 0 Å². The van der Waals surface area contributed by atoms with Crippen LogP contribution in [0.2, 0.25) is 5.02 Å². The van der Waals surface area contributed by atoms with E-state index >= 15 is 0 Å². The van der Waals surface area contributed by atoms with Crippen molar-refractivity contribution in [2.45, 2.75) is 19.4 Å². The number of nitrogens with one attached hydrogen (secondary N) is 1. The number of benzene rings is 1. The van der Waals surface area contributed by atoms with Gasteiger partial charge in [-0.15, -0.1) is 0 Å². The predicted molar refractivity (Wildman–Crippen MR) is 69.2 cm³/mol. The Bertz CT molecular complexity index is 463. The number of esters is 1. The molecular formula is C12H15ClN2O3. The van der Waals surface area contributed by atoms with Crippen LogP contribution in [0.3, 0.4) is 0 Å². The minimum Gasteiger partial charge on any atom is -0.467 e. The Labute approximate surface area is 110 Å². The number of rotatable bonds is 4. The lowest BCUT2D eigenvalue weighted by molar-refractivity contribution is -0.144. The number of carbonyl (C=O) groups excluding carboxylic acids is 2. The standard InChI is InChI=1S/C12H15ClN2O3/c1-7(16)15-11(12(17)18-2)6-8-5-9(14)3-4-10(8)13/h3-5,11H,6,14H2,1-2H3,(H,15,16)/t11-/m1/s1. The first-order chi connectivity index (χ1) is 8.43. The zero-order valence-corrected chi connectivity index (χ0v) is 11.0. The zero-order valence-electron chi connectivity index (χ0n) is 10.2. The summed E-state index contributed by atoms with van der Waals surface area (Å²) in [5.74, 6) is -0.839. The number of halogens is 1. The highest BCUT2D eigenvalue weighted by atomic mass is 35.5. The van der Waals surface area contributed by atoms with Crippen molar-refractivity contribution in [3.05, 3.63) is 28.8 Å². The molecule has 0 aromatic heterocycles. The van der Waals surface area contributed by atoms with Crippen molar-refractivity contribution in [3.63, 3.8) is 0 Å². The maximum Gasteiger partial charge on any atom is 0.328 e. The van der Waals surface area contributed by atoms with Gasteiger partial charge in [0.2, 0.25) is 5.91 Å². The largest absolute Gasteiger partial charge is 0.467 e. The van der Waals surface area contributed by atoms with Gasteiger partial charge in [0.05, 0.1) is 7.11 Å². The molecule has 0 radical (unpaired) electrons. The summed E-state index contributed by atoms with van der Waals surface area (Å²) >= 11 is 6.00. The number of ether oxygens (including phenoxy) is 1.